The Balaban J connectivity index is 2.77. The van der Waals surface area contributed by atoms with Crippen molar-refractivity contribution in [3.05, 3.63) is 0 Å². The highest BCUT2D eigenvalue weighted by Crippen LogP contribution is 2.22. The fourth-order valence-corrected chi connectivity index (χ4v) is 1.93. The number of nitrogens with zero attached hydrogens (tertiary/aromatic N) is 1. The van der Waals surface area contributed by atoms with Crippen molar-refractivity contribution in [1.82, 2.24) is 4.90 Å². The molecule has 5 heteroatoms. The van der Waals surface area contributed by atoms with Gasteiger partial charge in [-0.3, -0.25) is 4.79 Å². The molecule has 0 saturated carbocycles. The molecular formula is C11H20N2O2S. The molecule has 1 saturated heterocycles. The first-order valence-corrected chi connectivity index (χ1v) is 5.90. The van der Waals surface area contributed by atoms with E-state index in [1.165, 1.54) is 0 Å². The highest BCUT2D eigenvalue weighted by molar-refractivity contribution is 7.80. The van der Waals surface area contributed by atoms with E-state index in [4.69, 9.17) is 22.7 Å². The first-order valence-electron chi connectivity index (χ1n) is 5.50. The molecular weight excluding hydrogens is 224 g/mol. The smallest absolute Gasteiger partial charge is 0.235 e. The van der Waals surface area contributed by atoms with Gasteiger partial charge in [0.2, 0.25) is 5.91 Å². The van der Waals surface area contributed by atoms with Gasteiger partial charge in [-0.05, 0) is 27.7 Å². The number of hydrogen-bond acceptors (Lipinski definition) is 3. The average Bonchev–Trinajstić information content (AvgIpc) is 2.14. The summed E-state index contributed by atoms with van der Waals surface area (Å²) < 4.78 is 5.58. The monoisotopic (exact) mass is 244 g/mol. The van der Waals surface area contributed by atoms with Crippen LogP contribution in [0.5, 0.6) is 0 Å². The second kappa shape index (κ2) is 4.67. The second-order valence-corrected chi connectivity index (χ2v) is 5.40. The molecule has 4 nitrogen and oxygen atoms in total. The molecule has 1 aliphatic rings. The molecule has 1 heterocycles. The summed E-state index contributed by atoms with van der Waals surface area (Å²) in [5.74, 6) is -0.0120. The van der Waals surface area contributed by atoms with Gasteiger partial charge in [-0.2, -0.15) is 0 Å². The number of nitrogens with two attached hydrogens (primary N) is 1. The van der Waals surface area contributed by atoms with E-state index in [9.17, 15) is 4.79 Å². The minimum atomic E-state index is -0.772. The standard InChI is InChI=1S/C11H20N2O2S/c1-7-5-13(6-8(2)15-7)10(14)11(3,4)9(12)16/h7-8H,5-6H2,1-4H3,(H2,12,16)/t7-,8+. The first-order chi connectivity index (χ1) is 7.25. The van der Waals surface area contributed by atoms with Gasteiger partial charge in [-0.1, -0.05) is 12.2 Å². The van der Waals surface area contributed by atoms with Crippen molar-refractivity contribution < 1.29 is 9.53 Å². The summed E-state index contributed by atoms with van der Waals surface area (Å²) in [4.78, 5) is 14.3. The molecule has 2 N–H and O–H groups in total. The summed E-state index contributed by atoms with van der Waals surface area (Å²) in [5, 5.41) is 0. The van der Waals surface area contributed by atoms with Crippen LogP contribution in [0.15, 0.2) is 0 Å². The lowest BCUT2D eigenvalue weighted by Crippen LogP contribution is -2.54. The van der Waals surface area contributed by atoms with Crippen LogP contribution in [0.3, 0.4) is 0 Å². The zero-order valence-corrected chi connectivity index (χ0v) is 11.1. The van der Waals surface area contributed by atoms with E-state index in [0.717, 1.165) is 0 Å². The molecule has 0 aliphatic carbocycles. The zero-order valence-electron chi connectivity index (χ0n) is 10.3. The molecule has 2 atom stereocenters. The minimum Gasteiger partial charge on any atom is -0.392 e. The maximum absolute atomic E-state index is 12.3. The highest BCUT2D eigenvalue weighted by Gasteiger charge is 2.37. The average molecular weight is 244 g/mol. The predicted molar refractivity (Wildman–Crippen MR) is 67.2 cm³/mol. The van der Waals surface area contributed by atoms with Crippen LogP contribution in [-0.4, -0.2) is 41.1 Å². The number of carbonyl (C=O) groups is 1. The van der Waals surface area contributed by atoms with E-state index in [1.807, 2.05) is 13.8 Å². The van der Waals surface area contributed by atoms with Crippen LogP contribution in [0.4, 0.5) is 0 Å². The molecule has 0 aromatic rings. The Hall–Kier alpha value is -0.680. The van der Waals surface area contributed by atoms with E-state index >= 15 is 0 Å². The second-order valence-electron chi connectivity index (χ2n) is 4.96. The molecule has 1 amide bonds. The largest absolute Gasteiger partial charge is 0.392 e. The molecule has 0 aromatic heterocycles. The molecule has 0 unspecified atom stereocenters. The minimum absolute atomic E-state index is 0.0120. The third-order valence-electron chi connectivity index (χ3n) is 2.86. The number of amides is 1. The Bertz CT molecular complexity index is 294. The molecule has 92 valence electrons. The van der Waals surface area contributed by atoms with E-state index in [1.54, 1.807) is 18.7 Å². The maximum atomic E-state index is 12.3. The van der Waals surface area contributed by atoms with Gasteiger partial charge in [0.1, 0.15) is 0 Å². The molecule has 0 radical (unpaired) electrons. The van der Waals surface area contributed by atoms with Crippen LogP contribution in [0.2, 0.25) is 0 Å². The topological polar surface area (TPSA) is 55.6 Å². The lowest BCUT2D eigenvalue weighted by Gasteiger charge is -2.39. The number of rotatable bonds is 2. The third kappa shape index (κ3) is 2.71. The van der Waals surface area contributed by atoms with E-state index in [-0.39, 0.29) is 23.1 Å². The lowest BCUT2D eigenvalue weighted by molar-refractivity contribution is -0.148. The fraction of sp³-hybridized carbons (Fsp3) is 0.818. The molecule has 0 spiro atoms. The molecule has 0 aromatic carbocycles. The summed E-state index contributed by atoms with van der Waals surface area (Å²) in [6, 6.07) is 0. The quantitative estimate of drug-likeness (QED) is 0.734. The normalized spacial score (nSPS) is 26.6. The Labute approximate surface area is 102 Å². The van der Waals surface area contributed by atoms with Crippen molar-refractivity contribution >= 4 is 23.1 Å². The maximum Gasteiger partial charge on any atom is 0.235 e. The van der Waals surface area contributed by atoms with Crippen molar-refractivity contribution in [2.24, 2.45) is 11.1 Å². The SMILES string of the molecule is C[C@@H]1CN(C(=O)C(C)(C)C(N)=S)C[C@H](C)O1. The summed E-state index contributed by atoms with van der Waals surface area (Å²) >= 11 is 4.94. The molecule has 1 rings (SSSR count). The van der Waals surface area contributed by atoms with Gasteiger partial charge >= 0.3 is 0 Å². The molecule has 1 fully saturated rings. The summed E-state index contributed by atoms with van der Waals surface area (Å²) in [5.41, 5.74) is 4.83. The Morgan fingerprint density at radius 2 is 1.81 bits per heavy atom. The van der Waals surface area contributed by atoms with Gasteiger partial charge in [0.05, 0.1) is 22.6 Å². The molecule has 0 bridgehead atoms. The summed E-state index contributed by atoms with van der Waals surface area (Å²) in [7, 11) is 0. The van der Waals surface area contributed by atoms with Gasteiger partial charge in [-0.25, -0.2) is 0 Å². The van der Waals surface area contributed by atoms with E-state index < -0.39 is 5.41 Å². The van der Waals surface area contributed by atoms with Crippen LogP contribution in [0, 0.1) is 5.41 Å². The van der Waals surface area contributed by atoms with E-state index in [0.29, 0.717) is 13.1 Å². The van der Waals surface area contributed by atoms with Crippen LogP contribution < -0.4 is 5.73 Å². The molecule has 16 heavy (non-hydrogen) atoms. The number of carbonyl (C=O) groups excluding carboxylic acids is 1. The fourth-order valence-electron chi connectivity index (χ4n) is 1.84. The van der Waals surface area contributed by atoms with Crippen LogP contribution in [0.25, 0.3) is 0 Å². The molecule has 1 aliphatic heterocycles. The van der Waals surface area contributed by atoms with E-state index in [2.05, 4.69) is 0 Å². The Kier molecular flexibility index (Phi) is 3.91. The van der Waals surface area contributed by atoms with Crippen molar-refractivity contribution in [3.63, 3.8) is 0 Å². The van der Waals surface area contributed by atoms with Gasteiger partial charge in [0.15, 0.2) is 0 Å². The van der Waals surface area contributed by atoms with Crippen molar-refractivity contribution in [2.75, 3.05) is 13.1 Å². The number of thiocarbonyl (C=S) groups is 1. The van der Waals surface area contributed by atoms with Gasteiger partial charge in [-0.15, -0.1) is 0 Å². The Morgan fingerprint density at radius 1 is 1.38 bits per heavy atom. The lowest BCUT2D eigenvalue weighted by atomic mass is 9.91. The highest BCUT2D eigenvalue weighted by atomic mass is 32.1. The van der Waals surface area contributed by atoms with Crippen molar-refractivity contribution in [2.45, 2.75) is 39.9 Å². The van der Waals surface area contributed by atoms with Crippen molar-refractivity contribution in [1.29, 1.82) is 0 Å². The van der Waals surface area contributed by atoms with Gasteiger partial charge in [0.25, 0.3) is 0 Å². The third-order valence-corrected chi connectivity index (χ3v) is 3.37. The number of hydrogen-bond donors (Lipinski definition) is 1. The van der Waals surface area contributed by atoms with Crippen LogP contribution in [0.1, 0.15) is 27.7 Å². The van der Waals surface area contributed by atoms with Gasteiger partial charge in [0, 0.05) is 13.1 Å². The van der Waals surface area contributed by atoms with Crippen LogP contribution >= 0.6 is 12.2 Å². The van der Waals surface area contributed by atoms with Crippen LogP contribution in [-0.2, 0) is 9.53 Å². The first kappa shape index (κ1) is 13.4. The predicted octanol–water partition coefficient (Wildman–Crippen LogP) is 0.934. The van der Waals surface area contributed by atoms with Crippen molar-refractivity contribution in [3.8, 4) is 0 Å². The number of ether oxygens (including phenoxy) is 1. The number of morpholine rings is 1. The van der Waals surface area contributed by atoms with Gasteiger partial charge < -0.3 is 15.4 Å². The summed E-state index contributed by atoms with van der Waals surface area (Å²) in [6.45, 7) is 8.67. The zero-order chi connectivity index (χ0) is 12.5. The Morgan fingerprint density at radius 3 is 2.19 bits per heavy atom. The summed E-state index contributed by atoms with van der Waals surface area (Å²) in [6.07, 6.45) is 0.129.